The highest BCUT2D eigenvalue weighted by Crippen LogP contribution is 2.23. The number of esters is 1. The molecule has 0 atom stereocenters. The lowest BCUT2D eigenvalue weighted by Crippen LogP contribution is -2.11. The van der Waals surface area contributed by atoms with Crippen molar-refractivity contribution >= 4 is 29.2 Å². The smallest absolute Gasteiger partial charge is 0.337 e. The van der Waals surface area contributed by atoms with Gasteiger partial charge in [0.2, 0.25) is 5.91 Å². The molecule has 0 bridgehead atoms. The van der Waals surface area contributed by atoms with Gasteiger partial charge in [-0.2, -0.15) is 0 Å². The Morgan fingerprint density at radius 3 is 2.69 bits per heavy atom. The van der Waals surface area contributed by atoms with E-state index < -0.39 is 5.97 Å². The molecule has 1 aromatic carbocycles. The monoisotopic (exact) mass is 241 g/mol. The summed E-state index contributed by atoms with van der Waals surface area (Å²) >= 11 is 5.88. The van der Waals surface area contributed by atoms with E-state index in [2.05, 4.69) is 10.1 Å². The van der Waals surface area contributed by atoms with Crippen LogP contribution in [0.5, 0.6) is 0 Å². The van der Waals surface area contributed by atoms with E-state index in [0.717, 1.165) is 0 Å². The van der Waals surface area contributed by atoms with Gasteiger partial charge in [-0.15, -0.1) is 0 Å². The zero-order chi connectivity index (χ0) is 12.1. The minimum Gasteiger partial charge on any atom is -0.465 e. The Labute approximate surface area is 98.5 Å². The van der Waals surface area contributed by atoms with Crippen molar-refractivity contribution in [2.75, 3.05) is 12.4 Å². The number of benzene rings is 1. The Hall–Kier alpha value is -1.55. The summed E-state index contributed by atoms with van der Waals surface area (Å²) in [6.45, 7) is 1.73. The number of rotatable bonds is 3. The van der Waals surface area contributed by atoms with Gasteiger partial charge in [0.05, 0.1) is 23.4 Å². The third-order valence-corrected chi connectivity index (χ3v) is 2.31. The highest BCUT2D eigenvalue weighted by atomic mass is 35.5. The fourth-order valence-corrected chi connectivity index (χ4v) is 1.27. The van der Waals surface area contributed by atoms with Crippen molar-refractivity contribution in [3.05, 3.63) is 28.8 Å². The summed E-state index contributed by atoms with van der Waals surface area (Å²) < 4.78 is 4.57. The summed E-state index contributed by atoms with van der Waals surface area (Å²) in [7, 11) is 1.29. The molecule has 1 rings (SSSR count). The van der Waals surface area contributed by atoms with E-state index in [1.54, 1.807) is 13.0 Å². The number of amides is 1. The van der Waals surface area contributed by atoms with Gasteiger partial charge in [-0.05, 0) is 18.2 Å². The van der Waals surface area contributed by atoms with Crippen molar-refractivity contribution in [2.45, 2.75) is 13.3 Å². The lowest BCUT2D eigenvalue weighted by atomic mass is 10.2. The molecule has 0 saturated heterocycles. The molecule has 0 heterocycles. The van der Waals surface area contributed by atoms with Gasteiger partial charge in [0.1, 0.15) is 0 Å². The summed E-state index contributed by atoms with van der Waals surface area (Å²) in [6, 6.07) is 4.57. The zero-order valence-electron chi connectivity index (χ0n) is 9.04. The highest BCUT2D eigenvalue weighted by molar-refractivity contribution is 6.33. The van der Waals surface area contributed by atoms with E-state index in [1.165, 1.54) is 19.2 Å². The number of halogens is 1. The Kier molecular flexibility index (Phi) is 4.31. The van der Waals surface area contributed by atoms with Gasteiger partial charge < -0.3 is 10.1 Å². The van der Waals surface area contributed by atoms with Gasteiger partial charge in [0.15, 0.2) is 0 Å². The van der Waals surface area contributed by atoms with E-state index in [1.807, 2.05) is 0 Å². The number of carbonyl (C=O) groups excluding carboxylic acids is 2. The maximum Gasteiger partial charge on any atom is 0.337 e. The van der Waals surface area contributed by atoms with Gasteiger partial charge in [-0.3, -0.25) is 4.79 Å². The average Bonchev–Trinajstić information content (AvgIpc) is 2.30. The predicted octanol–water partition coefficient (Wildman–Crippen LogP) is 2.48. The van der Waals surface area contributed by atoms with Crippen molar-refractivity contribution < 1.29 is 14.3 Å². The number of anilines is 1. The second kappa shape index (κ2) is 5.51. The first-order valence-corrected chi connectivity index (χ1v) is 5.14. The van der Waals surface area contributed by atoms with Gasteiger partial charge >= 0.3 is 5.97 Å². The molecule has 5 heteroatoms. The van der Waals surface area contributed by atoms with Crippen LogP contribution in [-0.2, 0) is 9.53 Å². The van der Waals surface area contributed by atoms with E-state index in [0.29, 0.717) is 22.7 Å². The van der Waals surface area contributed by atoms with Crippen molar-refractivity contribution in [1.29, 1.82) is 0 Å². The molecular weight excluding hydrogens is 230 g/mol. The van der Waals surface area contributed by atoms with Crippen LogP contribution < -0.4 is 5.32 Å². The quantitative estimate of drug-likeness (QED) is 0.827. The fourth-order valence-electron chi connectivity index (χ4n) is 1.10. The van der Waals surface area contributed by atoms with Crippen LogP contribution in [0.25, 0.3) is 0 Å². The summed E-state index contributed by atoms with van der Waals surface area (Å²) in [4.78, 5) is 22.5. The molecule has 1 N–H and O–H groups in total. The van der Waals surface area contributed by atoms with Crippen LogP contribution in [0, 0.1) is 0 Å². The molecule has 0 saturated carbocycles. The van der Waals surface area contributed by atoms with Crippen molar-refractivity contribution in [3.63, 3.8) is 0 Å². The third kappa shape index (κ3) is 2.97. The van der Waals surface area contributed by atoms with E-state index in [-0.39, 0.29) is 5.91 Å². The second-order valence-electron chi connectivity index (χ2n) is 3.09. The molecule has 16 heavy (non-hydrogen) atoms. The van der Waals surface area contributed by atoms with Crippen LogP contribution in [0.15, 0.2) is 18.2 Å². The molecule has 0 radical (unpaired) electrons. The summed E-state index contributed by atoms with van der Waals surface area (Å²) in [5.41, 5.74) is 0.759. The standard InChI is InChI=1S/C11H12ClNO3/c1-3-10(14)13-9-6-7(11(15)16-2)4-5-8(9)12/h4-6H,3H2,1-2H3,(H,13,14). The van der Waals surface area contributed by atoms with Gasteiger partial charge in [0, 0.05) is 6.42 Å². The molecule has 1 aromatic rings. The molecular formula is C11H12ClNO3. The first-order chi connectivity index (χ1) is 7.58. The molecule has 86 valence electrons. The van der Waals surface area contributed by atoms with Crippen LogP contribution in [0.1, 0.15) is 23.7 Å². The van der Waals surface area contributed by atoms with Crippen LogP contribution >= 0.6 is 11.6 Å². The highest BCUT2D eigenvalue weighted by Gasteiger charge is 2.10. The lowest BCUT2D eigenvalue weighted by Gasteiger charge is -2.07. The van der Waals surface area contributed by atoms with Crippen LogP contribution in [-0.4, -0.2) is 19.0 Å². The topological polar surface area (TPSA) is 55.4 Å². The minimum absolute atomic E-state index is 0.163. The van der Waals surface area contributed by atoms with E-state index >= 15 is 0 Å². The van der Waals surface area contributed by atoms with Crippen LogP contribution in [0.2, 0.25) is 5.02 Å². The summed E-state index contributed by atoms with van der Waals surface area (Å²) in [5.74, 6) is -0.632. The predicted molar refractivity (Wildman–Crippen MR) is 61.7 cm³/mol. The van der Waals surface area contributed by atoms with Gasteiger partial charge in [-0.1, -0.05) is 18.5 Å². The Bertz CT molecular complexity index is 418. The van der Waals surface area contributed by atoms with Gasteiger partial charge in [0.25, 0.3) is 0 Å². The second-order valence-corrected chi connectivity index (χ2v) is 3.50. The number of nitrogens with one attached hydrogen (secondary N) is 1. The molecule has 0 spiro atoms. The van der Waals surface area contributed by atoms with Crippen molar-refractivity contribution in [1.82, 2.24) is 0 Å². The number of hydrogen-bond acceptors (Lipinski definition) is 3. The SMILES string of the molecule is CCC(=O)Nc1cc(C(=O)OC)ccc1Cl. The normalized spacial score (nSPS) is 9.69. The maximum atomic E-state index is 11.3. The maximum absolute atomic E-state index is 11.3. The van der Waals surface area contributed by atoms with E-state index in [4.69, 9.17) is 11.6 Å². The molecule has 0 aromatic heterocycles. The van der Waals surface area contributed by atoms with Crippen LogP contribution in [0.3, 0.4) is 0 Å². The Morgan fingerprint density at radius 1 is 1.44 bits per heavy atom. The first kappa shape index (κ1) is 12.5. The number of carbonyl (C=O) groups is 2. The first-order valence-electron chi connectivity index (χ1n) is 4.76. The van der Waals surface area contributed by atoms with Crippen molar-refractivity contribution in [2.24, 2.45) is 0 Å². The number of methoxy groups -OCH3 is 1. The molecule has 0 aliphatic rings. The van der Waals surface area contributed by atoms with Crippen LogP contribution in [0.4, 0.5) is 5.69 Å². The molecule has 0 aliphatic carbocycles. The summed E-state index contributed by atoms with van der Waals surface area (Å²) in [6.07, 6.45) is 0.346. The molecule has 0 unspecified atom stereocenters. The minimum atomic E-state index is -0.469. The zero-order valence-corrected chi connectivity index (χ0v) is 9.80. The molecule has 0 fully saturated rings. The molecule has 1 amide bonds. The largest absolute Gasteiger partial charge is 0.465 e. The third-order valence-electron chi connectivity index (χ3n) is 1.98. The number of ether oxygens (including phenoxy) is 1. The van der Waals surface area contributed by atoms with Gasteiger partial charge in [-0.25, -0.2) is 4.79 Å². The molecule has 0 aliphatic heterocycles. The lowest BCUT2D eigenvalue weighted by molar-refractivity contribution is -0.115. The van der Waals surface area contributed by atoms with Crippen molar-refractivity contribution in [3.8, 4) is 0 Å². The Balaban J connectivity index is 2.99. The average molecular weight is 242 g/mol. The summed E-state index contributed by atoms with van der Waals surface area (Å²) in [5, 5.41) is 2.98. The van der Waals surface area contributed by atoms with E-state index in [9.17, 15) is 9.59 Å². The Morgan fingerprint density at radius 2 is 2.12 bits per heavy atom. The number of hydrogen-bond donors (Lipinski definition) is 1. The fraction of sp³-hybridized carbons (Fsp3) is 0.273. The molecule has 4 nitrogen and oxygen atoms in total.